The fourth-order valence-corrected chi connectivity index (χ4v) is 2.55. The Bertz CT molecular complexity index is 470. The molecule has 1 saturated heterocycles. The molecule has 1 heterocycles. The molecule has 1 unspecified atom stereocenters. The number of nitrogens with one attached hydrogen (secondary N) is 1. The van der Waals surface area contributed by atoms with E-state index < -0.39 is 5.97 Å². The van der Waals surface area contributed by atoms with E-state index in [0.29, 0.717) is 12.0 Å². The molecule has 2 N–H and O–H groups in total. The number of hydrogen-bond donors (Lipinski definition) is 2. The van der Waals surface area contributed by atoms with E-state index in [1.54, 1.807) is 12.1 Å². The summed E-state index contributed by atoms with van der Waals surface area (Å²) in [6, 6.07) is 7.02. The molecule has 1 aromatic rings. The van der Waals surface area contributed by atoms with Crippen LogP contribution in [-0.2, 0) is 11.2 Å². The Labute approximate surface area is 112 Å². The first-order valence-corrected chi connectivity index (χ1v) is 6.77. The van der Waals surface area contributed by atoms with Crippen molar-refractivity contribution >= 4 is 11.9 Å². The average molecular weight is 261 g/mol. The van der Waals surface area contributed by atoms with E-state index in [-0.39, 0.29) is 11.8 Å². The summed E-state index contributed by atoms with van der Waals surface area (Å²) >= 11 is 0. The van der Waals surface area contributed by atoms with E-state index in [1.807, 2.05) is 12.1 Å². The van der Waals surface area contributed by atoms with Crippen LogP contribution in [0.5, 0.6) is 0 Å². The van der Waals surface area contributed by atoms with Gasteiger partial charge in [-0.05, 0) is 37.3 Å². The van der Waals surface area contributed by atoms with Crippen molar-refractivity contribution in [1.82, 2.24) is 5.32 Å². The smallest absolute Gasteiger partial charge is 0.335 e. The first-order chi connectivity index (χ1) is 9.18. The summed E-state index contributed by atoms with van der Waals surface area (Å²) in [4.78, 5) is 22.9. The van der Waals surface area contributed by atoms with Gasteiger partial charge in [-0.2, -0.15) is 0 Å². The summed E-state index contributed by atoms with van der Waals surface area (Å²) < 4.78 is 0. The van der Waals surface area contributed by atoms with E-state index >= 15 is 0 Å². The molecule has 1 atom stereocenters. The van der Waals surface area contributed by atoms with Gasteiger partial charge in [0.15, 0.2) is 0 Å². The third-order valence-electron chi connectivity index (χ3n) is 3.66. The maximum absolute atomic E-state index is 11.8. The Morgan fingerprint density at radius 3 is 2.89 bits per heavy atom. The lowest BCUT2D eigenvalue weighted by Crippen LogP contribution is -2.29. The van der Waals surface area contributed by atoms with Crippen LogP contribution in [-0.4, -0.2) is 23.5 Å². The van der Waals surface area contributed by atoms with Crippen LogP contribution >= 0.6 is 0 Å². The Balaban J connectivity index is 2.01. The van der Waals surface area contributed by atoms with Crippen LogP contribution in [0.3, 0.4) is 0 Å². The van der Waals surface area contributed by atoms with Crippen molar-refractivity contribution in [2.75, 3.05) is 6.54 Å². The summed E-state index contributed by atoms with van der Waals surface area (Å²) in [5.74, 6) is -0.768. The molecule has 0 bridgehead atoms. The largest absolute Gasteiger partial charge is 0.478 e. The number of benzene rings is 1. The zero-order valence-corrected chi connectivity index (χ0v) is 10.9. The summed E-state index contributed by atoms with van der Waals surface area (Å²) in [6.07, 6.45) is 4.36. The van der Waals surface area contributed by atoms with Gasteiger partial charge in [0.1, 0.15) is 0 Å². The molecule has 0 saturated carbocycles. The van der Waals surface area contributed by atoms with Crippen LogP contribution in [0.1, 0.15) is 41.6 Å². The highest BCUT2D eigenvalue weighted by Crippen LogP contribution is 2.20. The fraction of sp³-hybridized carbons (Fsp3) is 0.467. The number of carboxylic acids is 1. The molecule has 0 radical (unpaired) electrons. The average Bonchev–Trinajstić information content (AvgIpc) is 2.61. The lowest BCUT2D eigenvalue weighted by atomic mass is 9.93. The van der Waals surface area contributed by atoms with Crippen molar-refractivity contribution in [3.8, 4) is 0 Å². The second-order valence-corrected chi connectivity index (χ2v) is 4.98. The number of aromatic carboxylic acids is 1. The van der Waals surface area contributed by atoms with E-state index in [2.05, 4.69) is 5.32 Å². The summed E-state index contributed by atoms with van der Waals surface area (Å²) in [5, 5.41) is 12.0. The quantitative estimate of drug-likeness (QED) is 0.873. The summed E-state index contributed by atoms with van der Waals surface area (Å²) in [5.41, 5.74) is 1.16. The minimum absolute atomic E-state index is 0.0179. The highest BCUT2D eigenvalue weighted by molar-refractivity contribution is 5.89. The molecule has 102 valence electrons. The molecule has 1 fully saturated rings. The third-order valence-corrected chi connectivity index (χ3v) is 3.66. The number of aryl methyl sites for hydroxylation is 1. The van der Waals surface area contributed by atoms with Gasteiger partial charge in [0.25, 0.3) is 0 Å². The predicted molar refractivity (Wildman–Crippen MR) is 72.1 cm³/mol. The molecule has 1 amide bonds. The van der Waals surface area contributed by atoms with E-state index in [4.69, 9.17) is 5.11 Å². The van der Waals surface area contributed by atoms with Crippen molar-refractivity contribution in [2.45, 2.75) is 32.1 Å². The number of carbonyl (C=O) groups is 2. The van der Waals surface area contributed by atoms with Gasteiger partial charge in [-0.15, -0.1) is 0 Å². The number of rotatable bonds is 4. The Hall–Kier alpha value is -1.84. The van der Waals surface area contributed by atoms with Crippen LogP contribution in [0.2, 0.25) is 0 Å². The van der Waals surface area contributed by atoms with Gasteiger partial charge in [0, 0.05) is 12.5 Å². The molecule has 4 heteroatoms. The second-order valence-electron chi connectivity index (χ2n) is 4.98. The molecule has 2 rings (SSSR count). The van der Waals surface area contributed by atoms with Gasteiger partial charge in [-0.25, -0.2) is 4.79 Å². The SMILES string of the molecule is O=C(O)c1ccccc1CCC1CCCCNC1=O. The van der Waals surface area contributed by atoms with Gasteiger partial charge in [0.05, 0.1) is 5.56 Å². The zero-order valence-electron chi connectivity index (χ0n) is 10.9. The van der Waals surface area contributed by atoms with Crippen molar-refractivity contribution in [1.29, 1.82) is 0 Å². The molecule has 1 aliphatic heterocycles. The van der Waals surface area contributed by atoms with Gasteiger partial charge >= 0.3 is 5.97 Å². The van der Waals surface area contributed by atoms with Crippen LogP contribution in [0, 0.1) is 5.92 Å². The number of carbonyl (C=O) groups excluding carboxylic acids is 1. The normalized spacial score (nSPS) is 19.6. The van der Waals surface area contributed by atoms with Crippen molar-refractivity contribution in [2.24, 2.45) is 5.92 Å². The summed E-state index contributed by atoms with van der Waals surface area (Å²) in [7, 11) is 0. The highest BCUT2D eigenvalue weighted by Gasteiger charge is 2.21. The van der Waals surface area contributed by atoms with Crippen molar-refractivity contribution in [3.63, 3.8) is 0 Å². The minimum atomic E-state index is -0.902. The molecule has 4 nitrogen and oxygen atoms in total. The van der Waals surface area contributed by atoms with Crippen LogP contribution in [0.15, 0.2) is 24.3 Å². The van der Waals surface area contributed by atoms with Gasteiger partial charge in [-0.3, -0.25) is 4.79 Å². The monoisotopic (exact) mass is 261 g/mol. The predicted octanol–water partition coefficient (Wildman–Crippen LogP) is 2.23. The van der Waals surface area contributed by atoms with Gasteiger partial charge in [0.2, 0.25) is 5.91 Å². The fourth-order valence-electron chi connectivity index (χ4n) is 2.55. The minimum Gasteiger partial charge on any atom is -0.478 e. The van der Waals surface area contributed by atoms with E-state index in [9.17, 15) is 9.59 Å². The number of carboxylic acid groups (broad SMARTS) is 1. The first-order valence-electron chi connectivity index (χ1n) is 6.77. The maximum Gasteiger partial charge on any atom is 0.335 e. The molecule has 0 spiro atoms. The van der Waals surface area contributed by atoms with E-state index in [1.165, 1.54) is 0 Å². The lowest BCUT2D eigenvalue weighted by Gasteiger charge is -2.13. The molecule has 1 aromatic carbocycles. The second kappa shape index (κ2) is 6.36. The Morgan fingerprint density at radius 2 is 2.11 bits per heavy atom. The molecule has 1 aliphatic rings. The molecule has 0 aliphatic carbocycles. The molecule has 0 aromatic heterocycles. The van der Waals surface area contributed by atoms with Crippen LogP contribution in [0.25, 0.3) is 0 Å². The Morgan fingerprint density at radius 1 is 1.32 bits per heavy atom. The number of amides is 1. The zero-order chi connectivity index (χ0) is 13.7. The van der Waals surface area contributed by atoms with Crippen molar-refractivity contribution < 1.29 is 14.7 Å². The standard InChI is InChI=1S/C15H19NO3/c17-14-12(6-3-4-10-16-14)9-8-11-5-1-2-7-13(11)15(18)19/h1-2,5,7,12H,3-4,6,8-10H2,(H,16,17)(H,18,19). The van der Waals surface area contributed by atoms with Crippen LogP contribution in [0.4, 0.5) is 0 Å². The topological polar surface area (TPSA) is 66.4 Å². The van der Waals surface area contributed by atoms with Gasteiger partial charge in [-0.1, -0.05) is 24.6 Å². The third kappa shape index (κ3) is 3.56. The van der Waals surface area contributed by atoms with E-state index in [0.717, 1.165) is 37.8 Å². The number of hydrogen-bond acceptors (Lipinski definition) is 2. The molecule has 19 heavy (non-hydrogen) atoms. The molecular formula is C15H19NO3. The lowest BCUT2D eigenvalue weighted by molar-refractivity contribution is -0.124. The Kier molecular flexibility index (Phi) is 4.55. The highest BCUT2D eigenvalue weighted by atomic mass is 16.4. The maximum atomic E-state index is 11.8. The first kappa shape index (κ1) is 13.6. The molecular weight excluding hydrogens is 242 g/mol. The summed E-state index contributed by atoms with van der Waals surface area (Å²) in [6.45, 7) is 0.765. The van der Waals surface area contributed by atoms with Gasteiger partial charge < -0.3 is 10.4 Å². The van der Waals surface area contributed by atoms with Crippen LogP contribution < -0.4 is 5.32 Å². The van der Waals surface area contributed by atoms with Crippen molar-refractivity contribution in [3.05, 3.63) is 35.4 Å².